The van der Waals surface area contributed by atoms with Crippen LogP contribution in [0.3, 0.4) is 0 Å². The van der Waals surface area contributed by atoms with Crippen LogP contribution in [-0.4, -0.2) is 63.0 Å². The molecule has 0 radical (unpaired) electrons. The smallest absolute Gasteiger partial charge is 0.243 e. The number of aromatic nitrogens is 5. The highest BCUT2D eigenvalue weighted by Crippen LogP contribution is 2.32. The molecule has 1 amide bonds. The van der Waals surface area contributed by atoms with Gasteiger partial charge in [-0.05, 0) is 17.7 Å². The van der Waals surface area contributed by atoms with Crippen molar-refractivity contribution in [1.29, 1.82) is 0 Å². The van der Waals surface area contributed by atoms with Crippen molar-refractivity contribution in [3.05, 3.63) is 41.9 Å². The van der Waals surface area contributed by atoms with E-state index in [1.165, 1.54) is 22.9 Å². The van der Waals surface area contributed by atoms with Crippen molar-refractivity contribution in [3.8, 4) is 0 Å². The number of nitrogens with one attached hydrogen (secondary N) is 1. The maximum Gasteiger partial charge on any atom is 0.243 e. The summed E-state index contributed by atoms with van der Waals surface area (Å²) in [6.45, 7) is 0.404. The molecular weight excluding hydrogens is 406 g/mol. The summed E-state index contributed by atoms with van der Waals surface area (Å²) in [6, 6.07) is 4.66. The molecule has 1 atom stereocenters. The van der Waals surface area contributed by atoms with Gasteiger partial charge in [0.25, 0.3) is 0 Å². The minimum absolute atomic E-state index is 0.0742. The second-order valence-corrected chi connectivity index (χ2v) is 8.67. The highest BCUT2D eigenvalue weighted by Gasteiger charge is 2.34. The number of tetrazole rings is 1. The van der Waals surface area contributed by atoms with Gasteiger partial charge in [0.2, 0.25) is 15.9 Å². The SMILES string of the molecule is O=C(Cn1ncnn1)N[C@@H]1CCN(S(=O)(=O)c2cccc3cncc(Cl)c23)C1. The van der Waals surface area contributed by atoms with Crippen LogP contribution in [0.1, 0.15) is 6.42 Å². The Kier molecular flexibility index (Phi) is 4.96. The number of sulfonamides is 1. The molecule has 0 aliphatic carbocycles. The number of hydrogen-bond acceptors (Lipinski definition) is 7. The van der Waals surface area contributed by atoms with E-state index in [1.807, 2.05) is 0 Å². The number of rotatable bonds is 5. The summed E-state index contributed by atoms with van der Waals surface area (Å²) in [6.07, 6.45) is 4.75. The molecule has 1 N–H and O–H groups in total. The Morgan fingerprint density at radius 1 is 1.32 bits per heavy atom. The molecule has 1 aliphatic heterocycles. The number of carbonyl (C=O) groups is 1. The lowest BCUT2D eigenvalue weighted by molar-refractivity contribution is -0.122. The van der Waals surface area contributed by atoms with Gasteiger partial charge >= 0.3 is 0 Å². The van der Waals surface area contributed by atoms with E-state index in [0.29, 0.717) is 23.7 Å². The fraction of sp³-hybridized carbons (Fsp3) is 0.312. The van der Waals surface area contributed by atoms with Crippen LogP contribution in [0, 0.1) is 0 Å². The van der Waals surface area contributed by atoms with Gasteiger partial charge in [0, 0.05) is 42.3 Å². The zero-order valence-corrected chi connectivity index (χ0v) is 16.1. The third-order valence-corrected chi connectivity index (χ3v) is 6.70. The van der Waals surface area contributed by atoms with Crippen molar-refractivity contribution in [2.75, 3.05) is 13.1 Å². The standard InChI is InChI=1S/C16H16ClN7O3S/c17-13-7-18-6-11-2-1-3-14(16(11)13)28(26,27)23-5-4-12(8-23)21-15(25)9-24-20-10-19-22-24/h1-3,6-7,10,12H,4-5,8-9H2,(H,21,25)/t12-/m1/s1. The van der Waals surface area contributed by atoms with Crippen molar-refractivity contribution < 1.29 is 13.2 Å². The molecule has 28 heavy (non-hydrogen) atoms. The van der Waals surface area contributed by atoms with Crippen LogP contribution in [-0.2, 0) is 21.4 Å². The van der Waals surface area contributed by atoms with Crippen LogP contribution in [0.4, 0.5) is 0 Å². The number of benzene rings is 1. The van der Waals surface area contributed by atoms with Gasteiger partial charge in [-0.3, -0.25) is 9.78 Å². The highest BCUT2D eigenvalue weighted by molar-refractivity contribution is 7.89. The Balaban J connectivity index is 1.51. The summed E-state index contributed by atoms with van der Waals surface area (Å²) in [4.78, 5) is 17.4. The predicted octanol–water partition coefficient (Wildman–Crippen LogP) is 0.454. The first-order valence-electron chi connectivity index (χ1n) is 8.47. The van der Waals surface area contributed by atoms with E-state index in [0.717, 1.165) is 4.80 Å². The molecule has 146 valence electrons. The molecule has 1 fully saturated rings. The van der Waals surface area contributed by atoms with E-state index in [9.17, 15) is 13.2 Å². The molecule has 4 rings (SSSR count). The highest BCUT2D eigenvalue weighted by atomic mass is 35.5. The summed E-state index contributed by atoms with van der Waals surface area (Å²) >= 11 is 6.22. The zero-order valence-electron chi connectivity index (χ0n) is 14.6. The average Bonchev–Trinajstić information content (AvgIpc) is 3.34. The van der Waals surface area contributed by atoms with Gasteiger partial charge in [0.15, 0.2) is 6.33 Å². The van der Waals surface area contributed by atoms with Crippen molar-refractivity contribution in [1.82, 2.24) is 34.8 Å². The molecule has 3 heterocycles. The normalized spacial score (nSPS) is 17.8. The number of carbonyl (C=O) groups excluding carboxylic acids is 1. The summed E-state index contributed by atoms with van der Waals surface area (Å²) in [5.74, 6) is -0.304. The second-order valence-electron chi connectivity index (χ2n) is 6.36. The van der Waals surface area contributed by atoms with E-state index in [1.54, 1.807) is 18.3 Å². The Morgan fingerprint density at radius 2 is 2.18 bits per heavy atom. The number of fused-ring (bicyclic) bond motifs is 1. The van der Waals surface area contributed by atoms with Gasteiger partial charge < -0.3 is 5.32 Å². The summed E-state index contributed by atoms with van der Waals surface area (Å²) in [7, 11) is -3.78. The minimum atomic E-state index is -3.78. The molecule has 1 aromatic carbocycles. The van der Waals surface area contributed by atoms with Crippen LogP contribution < -0.4 is 5.32 Å². The van der Waals surface area contributed by atoms with Crippen LogP contribution in [0.2, 0.25) is 5.02 Å². The Hall–Kier alpha value is -2.63. The third-order valence-electron chi connectivity index (χ3n) is 4.51. The molecule has 10 nitrogen and oxygen atoms in total. The number of pyridine rings is 1. The predicted molar refractivity (Wildman–Crippen MR) is 99.9 cm³/mol. The molecule has 1 aliphatic rings. The van der Waals surface area contributed by atoms with Gasteiger partial charge in [-0.15, -0.1) is 10.2 Å². The van der Waals surface area contributed by atoms with E-state index in [-0.39, 0.29) is 35.0 Å². The van der Waals surface area contributed by atoms with Crippen LogP contribution in [0.15, 0.2) is 41.8 Å². The van der Waals surface area contributed by atoms with Crippen molar-refractivity contribution in [2.24, 2.45) is 0 Å². The van der Waals surface area contributed by atoms with Crippen LogP contribution in [0.5, 0.6) is 0 Å². The first-order chi connectivity index (χ1) is 13.4. The van der Waals surface area contributed by atoms with E-state index < -0.39 is 10.0 Å². The van der Waals surface area contributed by atoms with Crippen LogP contribution in [0.25, 0.3) is 10.8 Å². The number of nitrogens with zero attached hydrogens (tertiary/aromatic N) is 6. The molecule has 12 heteroatoms. The van der Waals surface area contributed by atoms with Gasteiger partial charge in [-0.1, -0.05) is 23.7 Å². The third kappa shape index (κ3) is 3.55. The van der Waals surface area contributed by atoms with Gasteiger partial charge in [0.1, 0.15) is 6.54 Å². The molecule has 0 spiro atoms. The first kappa shape index (κ1) is 18.7. The van der Waals surface area contributed by atoms with Crippen molar-refractivity contribution >= 4 is 38.3 Å². The van der Waals surface area contributed by atoms with Crippen molar-refractivity contribution in [3.63, 3.8) is 0 Å². The number of hydrogen-bond donors (Lipinski definition) is 1. The summed E-state index contributed by atoms with van der Waals surface area (Å²) < 4.78 is 27.7. The van der Waals surface area contributed by atoms with Gasteiger partial charge in [0.05, 0.1) is 9.92 Å². The minimum Gasteiger partial charge on any atom is -0.350 e. The largest absolute Gasteiger partial charge is 0.350 e. The summed E-state index contributed by atoms with van der Waals surface area (Å²) in [5.41, 5.74) is 0. The topological polar surface area (TPSA) is 123 Å². The lowest BCUT2D eigenvalue weighted by Gasteiger charge is -2.18. The quantitative estimate of drug-likeness (QED) is 0.634. The molecule has 0 unspecified atom stereocenters. The molecule has 0 saturated carbocycles. The average molecular weight is 422 g/mol. The summed E-state index contributed by atoms with van der Waals surface area (Å²) in [5, 5.41) is 15.1. The van der Waals surface area contributed by atoms with Crippen LogP contribution >= 0.6 is 11.6 Å². The first-order valence-corrected chi connectivity index (χ1v) is 10.3. The molecule has 1 saturated heterocycles. The van der Waals surface area contributed by atoms with E-state index >= 15 is 0 Å². The maximum atomic E-state index is 13.2. The second kappa shape index (κ2) is 7.41. The number of amides is 1. The number of halogens is 1. The zero-order chi connectivity index (χ0) is 19.7. The molecule has 3 aromatic rings. The molecular formula is C16H16ClN7O3S. The van der Waals surface area contributed by atoms with Crippen molar-refractivity contribution in [2.45, 2.75) is 23.9 Å². The fourth-order valence-corrected chi connectivity index (χ4v) is 5.30. The van der Waals surface area contributed by atoms with E-state index in [4.69, 9.17) is 11.6 Å². The van der Waals surface area contributed by atoms with Gasteiger partial charge in [-0.2, -0.15) is 9.10 Å². The lowest BCUT2D eigenvalue weighted by Crippen LogP contribution is -2.40. The van der Waals surface area contributed by atoms with Gasteiger partial charge in [-0.25, -0.2) is 8.42 Å². The lowest BCUT2D eigenvalue weighted by atomic mass is 10.2. The maximum absolute atomic E-state index is 13.2. The fourth-order valence-electron chi connectivity index (χ4n) is 3.24. The Bertz CT molecular complexity index is 1120. The monoisotopic (exact) mass is 421 g/mol. The van der Waals surface area contributed by atoms with E-state index in [2.05, 4.69) is 25.7 Å². The Morgan fingerprint density at radius 3 is 2.96 bits per heavy atom. The molecule has 0 bridgehead atoms. The Labute approximate surface area is 165 Å². The molecule has 2 aromatic heterocycles.